The van der Waals surface area contributed by atoms with Crippen LogP contribution in [0.2, 0.25) is 5.02 Å². The first-order valence-electron chi connectivity index (χ1n) is 5.68. The van der Waals surface area contributed by atoms with E-state index in [1.807, 2.05) is 37.3 Å². The molecule has 0 spiro atoms. The van der Waals surface area contributed by atoms with Gasteiger partial charge in [0.2, 0.25) is 0 Å². The van der Waals surface area contributed by atoms with Crippen molar-refractivity contribution >= 4 is 27.5 Å². The number of benzene rings is 2. The average Bonchev–Trinajstić information content (AvgIpc) is 2.39. The Labute approximate surface area is 125 Å². The first-order chi connectivity index (χ1) is 9.11. The smallest absolute Gasteiger partial charge is 0.152 e. The highest BCUT2D eigenvalue weighted by molar-refractivity contribution is 9.10. The van der Waals surface area contributed by atoms with Crippen molar-refractivity contribution in [3.63, 3.8) is 0 Å². The van der Waals surface area contributed by atoms with E-state index in [4.69, 9.17) is 21.6 Å². The maximum Gasteiger partial charge on any atom is 0.152 e. The van der Waals surface area contributed by atoms with E-state index in [0.717, 1.165) is 5.56 Å². The van der Waals surface area contributed by atoms with Crippen molar-refractivity contribution in [2.24, 2.45) is 0 Å². The molecule has 96 valence electrons. The Bertz CT molecular complexity index is 626. The molecule has 0 radical (unpaired) electrons. The quantitative estimate of drug-likeness (QED) is 0.801. The maximum absolute atomic E-state index is 8.85. The standard InChI is InChI=1S/C15H11BrClNO/c1-10-4-2-3-5-12(10)9-19-15-13(16)6-11(8-18)7-14(15)17/h2-7H,9H2,1H3. The van der Waals surface area contributed by atoms with Crippen LogP contribution in [0.3, 0.4) is 0 Å². The highest BCUT2D eigenvalue weighted by Crippen LogP contribution is 2.35. The molecule has 0 saturated heterocycles. The van der Waals surface area contributed by atoms with Crippen molar-refractivity contribution in [1.29, 1.82) is 5.26 Å². The molecule has 0 fully saturated rings. The number of ether oxygens (including phenoxy) is 1. The van der Waals surface area contributed by atoms with Gasteiger partial charge in [-0.15, -0.1) is 0 Å². The molecule has 0 N–H and O–H groups in total. The third kappa shape index (κ3) is 3.28. The lowest BCUT2D eigenvalue weighted by atomic mass is 10.1. The maximum atomic E-state index is 8.85. The van der Waals surface area contributed by atoms with Gasteiger partial charge in [0.1, 0.15) is 6.61 Å². The van der Waals surface area contributed by atoms with Crippen molar-refractivity contribution in [2.45, 2.75) is 13.5 Å². The molecule has 2 nitrogen and oxygen atoms in total. The van der Waals surface area contributed by atoms with Gasteiger partial charge in [-0.1, -0.05) is 35.9 Å². The molecule has 2 aromatic rings. The fraction of sp³-hybridized carbons (Fsp3) is 0.133. The van der Waals surface area contributed by atoms with Gasteiger partial charge in [0.15, 0.2) is 5.75 Å². The highest BCUT2D eigenvalue weighted by Gasteiger charge is 2.10. The predicted octanol–water partition coefficient (Wildman–Crippen LogP) is 4.86. The Morgan fingerprint density at radius 1 is 1.32 bits per heavy atom. The molecule has 0 saturated carbocycles. The van der Waals surface area contributed by atoms with Crippen molar-refractivity contribution in [1.82, 2.24) is 0 Å². The zero-order valence-corrected chi connectivity index (χ0v) is 12.6. The van der Waals surface area contributed by atoms with E-state index in [0.29, 0.717) is 27.4 Å². The number of aryl methyl sites for hydroxylation is 1. The monoisotopic (exact) mass is 335 g/mol. The first kappa shape index (κ1) is 13.9. The van der Waals surface area contributed by atoms with Crippen LogP contribution in [-0.2, 0) is 6.61 Å². The Hall–Kier alpha value is -1.50. The lowest BCUT2D eigenvalue weighted by molar-refractivity contribution is 0.303. The van der Waals surface area contributed by atoms with E-state index in [1.165, 1.54) is 5.56 Å². The number of nitriles is 1. The summed E-state index contributed by atoms with van der Waals surface area (Å²) < 4.78 is 6.43. The number of halogens is 2. The molecule has 2 aromatic carbocycles. The van der Waals surface area contributed by atoms with Gasteiger partial charge in [-0.3, -0.25) is 0 Å². The molecule has 0 bridgehead atoms. The van der Waals surface area contributed by atoms with Crippen molar-refractivity contribution < 1.29 is 4.74 Å². The number of rotatable bonds is 3. The molecule has 0 unspecified atom stereocenters. The van der Waals surface area contributed by atoms with Gasteiger partial charge in [0.05, 0.1) is 21.1 Å². The summed E-state index contributed by atoms with van der Waals surface area (Å²) in [5, 5.41) is 9.28. The Kier molecular flexibility index (Phi) is 4.47. The molecule has 0 heterocycles. The van der Waals surface area contributed by atoms with Gasteiger partial charge >= 0.3 is 0 Å². The van der Waals surface area contributed by atoms with Crippen LogP contribution in [0.4, 0.5) is 0 Å². The number of nitrogens with zero attached hydrogens (tertiary/aromatic N) is 1. The zero-order chi connectivity index (χ0) is 13.8. The molecule has 2 rings (SSSR count). The molecule has 0 amide bonds. The molecule has 0 aliphatic heterocycles. The van der Waals surface area contributed by atoms with Gasteiger partial charge in [-0.2, -0.15) is 5.26 Å². The van der Waals surface area contributed by atoms with E-state index in [9.17, 15) is 0 Å². The summed E-state index contributed by atoms with van der Waals surface area (Å²) in [7, 11) is 0. The summed E-state index contributed by atoms with van der Waals surface area (Å²) in [6.07, 6.45) is 0. The van der Waals surface area contributed by atoms with E-state index in [-0.39, 0.29) is 0 Å². The summed E-state index contributed by atoms with van der Waals surface area (Å²) in [5.41, 5.74) is 2.78. The molecule has 0 aliphatic rings. The minimum absolute atomic E-state index is 0.430. The van der Waals surface area contributed by atoms with E-state index in [1.54, 1.807) is 12.1 Å². The summed E-state index contributed by atoms with van der Waals surface area (Å²) in [6.45, 7) is 2.48. The number of hydrogen-bond donors (Lipinski definition) is 0. The third-order valence-electron chi connectivity index (χ3n) is 2.76. The molecule has 4 heteroatoms. The van der Waals surface area contributed by atoms with Crippen LogP contribution in [-0.4, -0.2) is 0 Å². The molecule has 0 aliphatic carbocycles. The summed E-state index contributed by atoms with van der Waals surface area (Å²) in [4.78, 5) is 0. The second kappa shape index (κ2) is 6.10. The first-order valence-corrected chi connectivity index (χ1v) is 6.85. The van der Waals surface area contributed by atoms with Crippen molar-refractivity contribution in [3.05, 3.63) is 62.6 Å². The van der Waals surface area contributed by atoms with Crippen molar-refractivity contribution in [3.8, 4) is 11.8 Å². The zero-order valence-electron chi connectivity index (χ0n) is 10.3. The van der Waals surface area contributed by atoms with Crippen LogP contribution in [0.1, 0.15) is 16.7 Å². The van der Waals surface area contributed by atoms with E-state index >= 15 is 0 Å². The van der Waals surface area contributed by atoms with Gasteiger partial charge < -0.3 is 4.74 Å². The largest absolute Gasteiger partial charge is 0.486 e. The van der Waals surface area contributed by atoms with Gasteiger partial charge in [0, 0.05) is 0 Å². The second-order valence-electron chi connectivity index (χ2n) is 4.10. The fourth-order valence-electron chi connectivity index (χ4n) is 1.68. The minimum atomic E-state index is 0.430. The second-order valence-corrected chi connectivity index (χ2v) is 5.36. The van der Waals surface area contributed by atoms with Crippen LogP contribution < -0.4 is 4.74 Å². The SMILES string of the molecule is Cc1ccccc1COc1c(Cl)cc(C#N)cc1Br. The van der Waals surface area contributed by atoms with Crippen molar-refractivity contribution in [2.75, 3.05) is 0 Å². The molecule has 0 aromatic heterocycles. The molecule has 0 atom stereocenters. The van der Waals surface area contributed by atoms with Gasteiger partial charge in [0.25, 0.3) is 0 Å². The normalized spacial score (nSPS) is 10.0. The summed E-state index contributed by atoms with van der Waals surface area (Å²) >= 11 is 9.48. The lowest BCUT2D eigenvalue weighted by Gasteiger charge is -2.12. The minimum Gasteiger partial charge on any atom is -0.486 e. The topological polar surface area (TPSA) is 33.0 Å². The number of hydrogen-bond acceptors (Lipinski definition) is 2. The van der Waals surface area contributed by atoms with Gasteiger partial charge in [-0.05, 0) is 46.1 Å². The van der Waals surface area contributed by atoms with Crippen LogP contribution in [0.25, 0.3) is 0 Å². The van der Waals surface area contributed by atoms with E-state index < -0.39 is 0 Å². The van der Waals surface area contributed by atoms with Crippen LogP contribution >= 0.6 is 27.5 Å². The van der Waals surface area contributed by atoms with E-state index in [2.05, 4.69) is 15.9 Å². The Morgan fingerprint density at radius 3 is 2.68 bits per heavy atom. The third-order valence-corrected chi connectivity index (χ3v) is 3.63. The fourth-order valence-corrected chi connectivity index (χ4v) is 2.65. The molecular weight excluding hydrogens is 326 g/mol. The highest BCUT2D eigenvalue weighted by atomic mass is 79.9. The molecular formula is C15H11BrClNO. The van der Waals surface area contributed by atoms with Crippen LogP contribution in [0.15, 0.2) is 40.9 Å². The average molecular weight is 337 g/mol. The summed E-state index contributed by atoms with van der Waals surface area (Å²) in [6, 6.07) is 13.4. The lowest BCUT2D eigenvalue weighted by Crippen LogP contribution is -1.99. The Morgan fingerprint density at radius 2 is 2.05 bits per heavy atom. The molecule has 19 heavy (non-hydrogen) atoms. The van der Waals surface area contributed by atoms with Crippen LogP contribution in [0.5, 0.6) is 5.75 Å². The Balaban J connectivity index is 2.21. The summed E-state index contributed by atoms with van der Waals surface area (Å²) in [5.74, 6) is 0.559. The van der Waals surface area contributed by atoms with Crippen LogP contribution in [0, 0.1) is 18.3 Å². The van der Waals surface area contributed by atoms with Gasteiger partial charge in [-0.25, -0.2) is 0 Å². The predicted molar refractivity (Wildman–Crippen MR) is 79.4 cm³/mol.